The summed E-state index contributed by atoms with van der Waals surface area (Å²) in [6.07, 6.45) is 1.84. The molecule has 2 rings (SSSR count). The summed E-state index contributed by atoms with van der Waals surface area (Å²) >= 11 is 0. The molecule has 0 unspecified atom stereocenters. The third kappa shape index (κ3) is 3.47. The number of carbonyl (C=O) groups is 1. The molecule has 0 aliphatic carbocycles. The van der Waals surface area contributed by atoms with Crippen molar-refractivity contribution in [2.75, 3.05) is 6.54 Å². The Bertz CT molecular complexity index is 761. The smallest absolute Gasteiger partial charge is 0.371 e. The first-order valence-corrected chi connectivity index (χ1v) is 7.46. The normalized spacial score (nSPS) is 11.7. The Morgan fingerprint density at radius 3 is 2.76 bits per heavy atom. The van der Waals surface area contributed by atoms with Gasteiger partial charge in [0.25, 0.3) is 0 Å². The Morgan fingerprint density at radius 2 is 2.24 bits per heavy atom. The molecule has 0 aliphatic heterocycles. The second kappa shape index (κ2) is 5.66. The topological polar surface area (TPSA) is 127 Å². The van der Waals surface area contributed by atoms with Crippen LogP contribution in [0.2, 0.25) is 0 Å². The minimum absolute atomic E-state index is 0.0239. The number of carboxylic acids is 1. The third-order valence-electron chi connectivity index (χ3n) is 2.66. The SMILES string of the molecule is Cc1oc(C(=O)O)cc1S(=O)(=O)NCCc1ncn(C)n1. The number of nitrogens with zero attached hydrogens (tertiary/aromatic N) is 3. The van der Waals surface area contributed by atoms with Crippen molar-refractivity contribution in [1.82, 2.24) is 19.5 Å². The highest BCUT2D eigenvalue weighted by Gasteiger charge is 2.23. The number of sulfonamides is 1. The van der Waals surface area contributed by atoms with Crippen molar-refractivity contribution in [2.45, 2.75) is 18.2 Å². The predicted octanol–water partition coefficient (Wildman–Crippen LogP) is -0.0643. The molecule has 2 aromatic heterocycles. The lowest BCUT2D eigenvalue weighted by Gasteiger charge is -2.03. The number of rotatable bonds is 6. The van der Waals surface area contributed by atoms with E-state index in [4.69, 9.17) is 9.52 Å². The highest BCUT2D eigenvalue weighted by molar-refractivity contribution is 7.89. The molecule has 10 heteroatoms. The Morgan fingerprint density at radius 1 is 1.52 bits per heavy atom. The molecule has 2 N–H and O–H groups in total. The van der Waals surface area contributed by atoms with E-state index in [1.54, 1.807) is 7.05 Å². The van der Waals surface area contributed by atoms with E-state index in [1.807, 2.05) is 0 Å². The molecular formula is C11H14N4O5S. The molecule has 0 aromatic carbocycles. The summed E-state index contributed by atoms with van der Waals surface area (Å²) in [5.41, 5.74) is 0. The number of furan rings is 1. The first kappa shape index (κ1) is 15.2. The zero-order valence-electron chi connectivity index (χ0n) is 11.4. The van der Waals surface area contributed by atoms with Crippen LogP contribution in [0, 0.1) is 6.92 Å². The number of aryl methyl sites for hydroxylation is 2. The molecule has 2 aromatic rings. The molecule has 114 valence electrons. The Labute approximate surface area is 120 Å². The second-order valence-electron chi connectivity index (χ2n) is 4.32. The van der Waals surface area contributed by atoms with Gasteiger partial charge in [0.15, 0.2) is 5.82 Å². The third-order valence-corrected chi connectivity index (χ3v) is 4.23. The molecule has 0 amide bonds. The molecule has 0 spiro atoms. The van der Waals surface area contributed by atoms with E-state index in [1.165, 1.54) is 17.9 Å². The van der Waals surface area contributed by atoms with E-state index in [-0.39, 0.29) is 17.2 Å². The summed E-state index contributed by atoms with van der Waals surface area (Å²) in [6.45, 7) is 1.49. The summed E-state index contributed by atoms with van der Waals surface area (Å²) < 4.78 is 32.9. The van der Waals surface area contributed by atoms with Crippen molar-refractivity contribution in [3.05, 3.63) is 29.7 Å². The monoisotopic (exact) mass is 314 g/mol. The van der Waals surface area contributed by atoms with Gasteiger partial charge in [0.2, 0.25) is 15.8 Å². The lowest BCUT2D eigenvalue weighted by Crippen LogP contribution is -2.26. The predicted molar refractivity (Wildman–Crippen MR) is 70.3 cm³/mol. The molecule has 0 bridgehead atoms. The van der Waals surface area contributed by atoms with Crippen LogP contribution in [0.25, 0.3) is 0 Å². The number of aromatic carboxylic acids is 1. The molecule has 0 saturated carbocycles. The zero-order chi connectivity index (χ0) is 15.6. The average Bonchev–Trinajstić information content (AvgIpc) is 2.96. The summed E-state index contributed by atoms with van der Waals surface area (Å²) in [5.74, 6) is -1.21. The van der Waals surface area contributed by atoms with Gasteiger partial charge in [-0.05, 0) is 6.92 Å². The van der Waals surface area contributed by atoms with Gasteiger partial charge in [0.1, 0.15) is 17.0 Å². The van der Waals surface area contributed by atoms with Gasteiger partial charge in [0, 0.05) is 26.1 Å². The molecular weight excluding hydrogens is 300 g/mol. The first-order chi connectivity index (χ1) is 9.79. The Kier molecular flexibility index (Phi) is 4.09. The molecule has 9 nitrogen and oxygen atoms in total. The molecule has 0 radical (unpaired) electrons. The quantitative estimate of drug-likeness (QED) is 0.764. The van der Waals surface area contributed by atoms with Crippen molar-refractivity contribution in [3.8, 4) is 0 Å². The zero-order valence-corrected chi connectivity index (χ0v) is 12.2. The Balaban J connectivity index is 2.06. The van der Waals surface area contributed by atoms with E-state index in [0.717, 1.165) is 6.07 Å². The van der Waals surface area contributed by atoms with Crippen LogP contribution in [-0.2, 0) is 23.5 Å². The molecule has 0 atom stereocenters. The lowest BCUT2D eigenvalue weighted by atomic mass is 10.4. The van der Waals surface area contributed by atoms with E-state index in [9.17, 15) is 13.2 Å². The fourth-order valence-corrected chi connectivity index (χ4v) is 2.92. The minimum atomic E-state index is -3.84. The van der Waals surface area contributed by atoms with Gasteiger partial charge in [-0.15, -0.1) is 0 Å². The van der Waals surface area contributed by atoms with Gasteiger partial charge in [-0.2, -0.15) is 5.10 Å². The highest BCUT2D eigenvalue weighted by atomic mass is 32.2. The summed E-state index contributed by atoms with van der Waals surface area (Å²) in [5, 5.41) is 12.8. The van der Waals surface area contributed by atoms with Crippen LogP contribution in [0.5, 0.6) is 0 Å². The van der Waals surface area contributed by atoms with Crippen LogP contribution < -0.4 is 4.72 Å². The van der Waals surface area contributed by atoms with Crippen LogP contribution in [0.15, 0.2) is 21.7 Å². The standard InChI is InChI=1S/C11H14N4O5S/c1-7-9(5-8(20-7)11(16)17)21(18,19)13-4-3-10-12-6-15(2)14-10/h5-6,13H,3-4H2,1-2H3,(H,16,17). The number of hydrogen-bond acceptors (Lipinski definition) is 6. The van der Waals surface area contributed by atoms with E-state index < -0.39 is 21.8 Å². The van der Waals surface area contributed by atoms with Crippen molar-refractivity contribution in [1.29, 1.82) is 0 Å². The fraction of sp³-hybridized carbons (Fsp3) is 0.364. The molecule has 2 heterocycles. The van der Waals surface area contributed by atoms with Gasteiger partial charge in [0.05, 0.1) is 0 Å². The van der Waals surface area contributed by atoms with Crippen LogP contribution in [-0.4, -0.2) is 40.8 Å². The van der Waals surface area contributed by atoms with Crippen LogP contribution in [0.1, 0.15) is 22.1 Å². The fourth-order valence-electron chi connectivity index (χ4n) is 1.71. The summed E-state index contributed by atoms with van der Waals surface area (Å²) in [4.78, 5) is 14.6. The number of aromatic nitrogens is 3. The van der Waals surface area contributed by atoms with E-state index in [0.29, 0.717) is 12.2 Å². The van der Waals surface area contributed by atoms with Crippen molar-refractivity contribution < 1.29 is 22.7 Å². The number of hydrogen-bond donors (Lipinski definition) is 2. The maximum atomic E-state index is 12.1. The lowest BCUT2D eigenvalue weighted by molar-refractivity contribution is 0.0661. The Hall–Kier alpha value is -2.20. The maximum absolute atomic E-state index is 12.1. The van der Waals surface area contributed by atoms with Crippen LogP contribution >= 0.6 is 0 Å². The van der Waals surface area contributed by atoms with Gasteiger partial charge in [-0.25, -0.2) is 22.9 Å². The van der Waals surface area contributed by atoms with Gasteiger partial charge in [-0.1, -0.05) is 0 Å². The van der Waals surface area contributed by atoms with Gasteiger partial charge < -0.3 is 9.52 Å². The molecule has 0 saturated heterocycles. The van der Waals surface area contributed by atoms with Crippen LogP contribution in [0.4, 0.5) is 0 Å². The van der Waals surface area contributed by atoms with Crippen molar-refractivity contribution >= 4 is 16.0 Å². The molecule has 0 aliphatic rings. The molecule has 21 heavy (non-hydrogen) atoms. The van der Waals surface area contributed by atoms with Gasteiger partial charge >= 0.3 is 5.97 Å². The van der Waals surface area contributed by atoms with Gasteiger partial charge in [-0.3, -0.25) is 4.68 Å². The second-order valence-corrected chi connectivity index (χ2v) is 6.05. The van der Waals surface area contributed by atoms with Crippen molar-refractivity contribution in [2.24, 2.45) is 7.05 Å². The largest absolute Gasteiger partial charge is 0.475 e. The highest BCUT2D eigenvalue weighted by Crippen LogP contribution is 2.19. The minimum Gasteiger partial charge on any atom is -0.475 e. The maximum Gasteiger partial charge on any atom is 0.371 e. The van der Waals surface area contributed by atoms with Crippen molar-refractivity contribution in [3.63, 3.8) is 0 Å². The molecule has 0 fully saturated rings. The summed E-state index contributed by atoms with van der Waals surface area (Å²) in [6, 6.07) is 0.985. The number of carboxylic acid groups (broad SMARTS) is 1. The van der Waals surface area contributed by atoms with E-state index >= 15 is 0 Å². The number of nitrogens with one attached hydrogen (secondary N) is 1. The van der Waals surface area contributed by atoms with E-state index in [2.05, 4.69) is 14.8 Å². The average molecular weight is 314 g/mol. The summed E-state index contributed by atoms with van der Waals surface area (Å²) in [7, 11) is -2.13. The first-order valence-electron chi connectivity index (χ1n) is 5.97. The van der Waals surface area contributed by atoms with Crippen LogP contribution in [0.3, 0.4) is 0 Å².